The van der Waals surface area contributed by atoms with E-state index in [9.17, 15) is 15.3 Å². The number of nitrogens with one attached hydrogen (secondary N) is 2. The van der Waals surface area contributed by atoms with E-state index in [1.165, 1.54) is 0 Å². The maximum atomic E-state index is 12.2. The molecule has 134 valence electrons. The molecular weight excluding hydrogens is 340 g/mol. The molecule has 0 saturated carbocycles. The normalized spacial score (nSPS) is 11.6. The third-order valence-electron chi connectivity index (χ3n) is 4.40. The molecule has 27 heavy (non-hydrogen) atoms. The Hall–Kier alpha value is -3.77. The average molecular weight is 358 g/mol. The molecule has 0 aliphatic carbocycles. The van der Waals surface area contributed by atoms with E-state index in [1.54, 1.807) is 25.1 Å². The summed E-state index contributed by atoms with van der Waals surface area (Å²) in [6.45, 7) is 2.14. The minimum atomic E-state index is -0.995. The topological polar surface area (TPSA) is 105 Å². The first kappa shape index (κ1) is 18.0. The highest BCUT2D eigenvalue weighted by molar-refractivity contribution is 5.41. The number of aryl methyl sites for hydroxylation is 1. The fraction of sp³-hybridized carbons (Fsp3) is 0.190. The van der Waals surface area contributed by atoms with Gasteiger partial charge >= 0.3 is 0 Å². The number of H-pyrrole nitrogens is 2. The Morgan fingerprint density at radius 2 is 1.78 bits per heavy atom. The highest BCUT2D eigenvalue weighted by atomic mass is 16.5. The van der Waals surface area contributed by atoms with Crippen LogP contribution in [0.25, 0.3) is 0 Å². The van der Waals surface area contributed by atoms with Gasteiger partial charge in [-0.15, -0.1) is 0 Å². The number of hydrogen-bond acceptors (Lipinski definition) is 4. The zero-order chi connectivity index (χ0) is 19.2. The Labute approximate surface area is 156 Å². The highest BCUT2D eigenvalue weighted by Gasteiger charge is 2.30. The minimum Gasteiger partial charge on any atom is -0.489 e. The van der Waals surface area contributed by atoms with Crippen molar-refractivity contribution in [3.05, 3.63) is 87.3 Å². The average Bonchev–Trinajstić information content (AvgIpc) is 3.03. The summed E-state index contributed by atoms with van der Waals surface area (Å²) in [5, 5.41) is 24.2. The molecule has 1 aromatic heterocycles. The number of rotatable bonds is 6. The molecule has 1 heterocycles. The van der Waals surface area contributed by atoms with Crippen LogP contribution in [0.5, 0.6) is 5.75 Å². The maximum absolute atomic E-state index is 12.2. The molecule has 3 aromatic rings. The highest BCUT2D eigenvalue weighted by Crippen LogP contribution is 2.33. The second-order valence-corrected chi connectivity index (χ2v) is 6.18. The first-order valence-corrected chi connectivity index (χ1v) is 8.47. The molecule has 2 aromatic carbocycles. The van der Waals surface area contributed by atoms with Crippen LogP contribution in [0.15, 0.2) is 59.4 Å². The van der Waals surface area contributed by atoms with Gasteiger partial charge in [-0.1, -0.05) is 42.5 Å². The second kappa shape index (κ2) is 8.07. The zero-order valence-electron chi connectivity index (χ0n) is 14.8. The lowest BCUT2D eigenvalue weighted by Crippen LogP contribution is -2.19. The Morgan fingerprint density at radius 3 is 2.41 bits per heavy atom. The van der Waals surface area contributed by atoms with Crippen molar-refractivity contribution in [1.29, 1.82) is 10.5 Å². The lowest BCUT2D eigenvalue weighted by Gasteiger charge is -2.18. The Kier molecular flexibility index (Phi) is 5.39. The Balaban J connectivity index is 1.95. The quantitative estimate of drug-likeness (QED) is 0.704. The monoisotopic (exact) mass is 358 g/mol. The zero-order valence-corrected chi connectivity index (χ0v) is 14.8. The summed E-state index contributed by atoms with van der Waals surface area (Å²) in [6.07, 6.45) is 0. The van der Waals surface area contributed by atoms with Gasteiger partial charge in [0.05, 0.1) is 12.1 Å². The summed E-state index contributed by atoms with van der Waals surface area (Å²) in [4.78, 5) is 12.2. The largest absolute Gasteiger partial charge is 0.489 e. The molecule has 0 bridgehead atoms. The molecule has 6 nitrogen and oxygen atoms in total. The van der Waals surface area contributed by atoms with Crippen LogP contribution in [0.4, 0.5) is 0 Å². The van der Waals surface area contributed by atoms with Gasteiger partial charge in [0.1, 0.15) is 18.3 Å². The van der Waals surface area contributed by atoms with Gasteiger partial charge in [-0.3, -0.25) is 9.89 Å². The van der Waals surface area contributed by atoms with Crippen LogP contribution in [-0.2, 0) is 6.61 Å². The molecule has 0 amide bonds. The summed E-state index contributed by atoms with van der Waals surface area (Å²) in [5.41, 5.74) is 2.38. The van der Waals surface area contributed by atoms with Gasteiger partial charge in [0.25, 0.3) is 5.56 Å². The molecule has 0 unspecified atom stereocenters. The van der Waals surface area contributed by atoms with Crippen molar-refractivity contribution in [3.63, 3.8) is 0 Å². The van der Waals surface area contributed by atoms with E-state index < -0.39 is 11.8 Å². The number of benzene rings is 2. The molecule has 2 N–H and O–H groups in total. The van der Waals surface area contributed by atoms with E-state index >= 15 is 0 Å². The molecule has 0 spiro atoms. The predicted octanol–water partition coefficient (Wildman–Crippen LogP) is 3.39. The lowest BCUT2D eigenvalue weighted by atomic mass is 9.82. The molecule has 0 radical (unpaired) electrons. The van der Waals surface area contributed by atoms with Crippen LogP contribution in [0.1, 0.15) is 28.3 Å². The van der Waals surface area contributed by atoms with Crippen LogP contribution < -0.4 is 10.3 Å². The van der Waals surface area contributed by atoms with Crippen molar-refractivity contribution >= 4 is 0 Å². The lowest BCUT2D eigenvalue weighted by molar-refractivity contribution is 0.305. The third kappa shape index (κ3) is 3.91. The van der Waals surface area contributed by atoms with Crippen LogP contribution in [0.3, 0.4) is 0 Å². The van der Waals surface area contributed by atoms with Crippen molar-refractivity contribution in [3.8, 4) is 17.9 Å². The number of hydrogen-bond donors (Lipinski definition) is 2. The number of aromatic nitrogens is 2. The molecular formula is C21H18N4O2. The van der Waals surface area contributed by atoms with Crippen molar-refractivity contribution in [2.45, 2.75) is 19.4 Å². The van der Waals surface area contributed by atoms with E-state index in [2.05, 4.69) is 10.2 Å². The van der Waals surface area contributed by atoms with Crippen molar-refractivity contribution in [2.24, 2.45) is 5.92 Å². The van der Waals surface area contributed by atoms with E-state index in [-0.39, 0.29) is 5.56 Å². The molecule has 0 saturated heterocycles. The van der Waals surface area contributed by atoms with E-state index in [1.807, 2.05) is 48.5 Å². The van der Waals surface area contributed by atoms with Crippen LogP contribution >= 0.6 is 0 Å². The van der Waals surface area contributed by atoms with E-state index in [0.29, 0.717) is 29.2 Å². The first-order chi connectivity index (χ1) is 13.1. The Morgan fingerprint density at radius 1 is 1.04 bits per heavy atom. The summed E-state index contributed by atoms with van der Waals surface area (Å²) in [5.74, 6) is -1.05. The van der Waals surface area contributed by atoms with Gasteiger partial charge in [-0.2, -0.15) is 10.5 Å². The summed E-state index contributed by atoms with van der Waals surface area (Å²) in [6, 6.07) is 20.9. The van der Waals surface area contributed by atoms with Crippen LogP contribution in [0, 0.1) is 35.5 Å². The van der Waals surface area contributed by atoms with Gasteiger partial charge in [-0.05, 0) is 30.2 Å². The SMILES string of the molecule is Cc1[nH][nH]c(=O)c1[C@H](c1cccc(OCc2ccccc2)c1)C(C#N)C#N. The molecule has 6 heteroatoms. The molecule has 0 aliphatic heterocycles. The van der Waals surface area contributed by atoms with Crippen molar-refractivity contribution < 1.29 is 4.74 Å². The van der Waals surface area contributed by atoms with E-state index in [4.69, 9.17) is 4.74 Å². The molecule has 1 atom stereocenters. The van der Waals surface area contributed by atoms with Gasteiger partial charge in [0.15, 0.2) is 0 Å². The summed E-state index contributed by atoms with van der Waals surface area (Å²) < 4.78 is 5.85. The summed E-state index contributed by atoms with van der Waals surface area (Å²) in [7, 11) is 0. The van der Waals surface area contributed by atoms with Gasteiger partial charge in [0.2, 0.25) is 0 Å². The maximum Gasteiger partial charge on any atom is 0.268 e. The van der Waals surface area contributed by atoms with Crippen molar-refractivity contribution in [2.75, 3.05) is 0 Å². The molecule has 0 fully saturated rings. The fourth-order valence-corrected chi connectivity index (χ4v) is 3.07. The molecule has 0 aliphatic rings. The smallest absolute Gasteiger partial charge is 0.268 e. The minimum absolute atomic E-state index is 0.330. The standard InChI is InChI=1S/C21H18N4O2/c1-14-19(21(26)25-24-14)20(17(11-22)12-23)16-8-5-9-18(10-16)27-13-15-6-3-2-4-7-15/h2-10,17,20H,13H2,1H3,(H2,24,25,26)/t20-/m1/s1. The Bertz CT molecular complexity index is 1040. The van der Waals surface area contributed by atoms with Crippen LogP contribution in [-0.4, -0.2) is 10.2 Å². The molecule has 3 rings (SSSR count). The predicted molar refractivity (Wildman–Crippen MR) is 99.9 cm³/mol. The van der Waals surface area contributed by atoms with Crippen molar-refractivity contribution in [1.82, 2.24) is 10.2 Å². The van der Waals surface area contributed by atoms with Crippen LogP contribution in [0.2, 0.25) is 0 Å². The van der Waals surface area contributed by atoms with E-state index in [0.717, 1.165) is 5.56 Å². The fourth-order valence-electron chi connectivity index (χ4n) is 3.07. The second-order valence-electron chi connectivity index (χ2n) is 6.18. The number of aromatic amines is 2. The number of nitriles is 2. The van der Waals surface area contributed by atoms with Gasteiger partial charge < -0.3 is 9.84 Å². The number of nitrogens with zero attached hydrogens (tertiary/aromatic N) is 2. The first-order valence-electron chi connectivity index (χ1n) is 8.47. The van der Waals surface area contributed by atoms with Gasteiger partial charge in [-0.25, -0.2) is 0 Å². The number of ether oxygens (including phenoxy) is 1. The van der Waals surface area contributed by atoms with Gasteiger partial charge in [0, 0.05) is 17.2 Å². The summed E-state index contributed by atoms with van der Waals surface area (Å²) >= 11 is 0. The third-order valence-corrected chi connectivity index (χ3v) is 4.40.